The van der Waals surface area contributed by atoms with Crippen LogP contribution in [0.5, 0.6) is 0 Å². The zero-order valence-corrected chi connectivity index (χ0v) is 8.50. The predicted molar refractivity (Wildman–Crippen MR) is 52.8 cm³/mol. The monoisotopic (exact) mass is 208 g/mol. The molecular weight excluding hydrogens is 196 g/mol. The molecule has 80 valence electrons. The fourth-order valence-electron chi connectivity index (χ4n) is 1.80. The Morgan fingerprint density at radius 1 is 1.40 bits per heavy atom. The van der Waals surface area contributed by atoms with E-state index < -0.39 is 5.97 Å². The van der Waals surface area contributed by atoms with E-state index in [1.54, 1.807) is 0 Å². The molecule has 0 fully saturated rings. The third-order valence-corrected chi connectivity index (χ3v) is 2.57. The van der Waals surface area contributed by atoms with Crippen LogP contribution in [0.4, 0.5) is 0 Å². The molecule has 0 spiro atoms. The second kappa shape index (κ2) is 3.84. The van der Waals surface area contributed by atoms with Gasteiger partial charge in [0.2, 0.25) is 5.82 Å². The number of aromatic amines is 1. The number of hydrogen-bond donors (Lipinski definition) is 1. The van der Waals surface area contributed by atoms with E-state index in [1.165, 1.54) is 7.11 Å². The standard InChI is InChI=1S/C10H12N2O3/c1-15-10(14)8-11-7-5-3-2-4-6(7)9(13)12-8/h2-5H2,1H3,(H,11,12,13). The molecule has 0 saturated carbocycles. The van der Waals surface area contributed by atoms with Crippen LogP contribution in [0, 0.1) is 0 Å². The van der Waals surface area contributed by atoms with E-state index in [0.29, 0.717) is 5.56 Å². The fourth-order valence-corrected chi connectivity index (χ4v) is 1.80. The van der Waals surface area contributed by atoms with E-state index in [1.807, 2.05) is 0 Å². The summed E-state index contributed by atoms with van der Waals surface area (Å²) < 4.78 is 4.51. The van der Waals surface area contributed by atoms with E-state index in [-0.39, 0.29) is 11.4 Å². The Bertz CT molecular complexity index is 450. The van der Waals surface area contributed by atoms with Gasteiger partial charge in [-0.1, -0.05) is 0 Å². The van der Waals surface area contributed by atoms with Crippen molar-refractivity contribution in [2.45, 2.75) is 25.7 Å². The van der Waals surface area contributed by atoms with Crippen LogP contribution in [0.25, 0.3) is 0 Å². The number of rotatable bonds is 1. The number of hydrogen-bond acceptors (Lipinski definition) is 4. The van der Waals surface area contributed by atoms with Crippen molar-refractivity contribution >= 4 is 5.97 Å². The maximum absolute atomic E-state index is 11.6. The van der Waals surface area contributed by atoms with Gasteiger partial charge in [-0.2, -0.15) is 0 Å². The highest BCUT2D eigenvalue weighted by atomic mass is 16.5. The molecule has 0 unspecified atom stereocenters. The lowest BCUT2D eigenvalue weighted by molar-refractivity contribution is 0.0585. The third kappa shape index (κ3) is 1.77. The number of ether oxygens (including phenoxy) is 1. The van der Waals surface area contributed by atoms with E-state index in [2.05, 4.69) is 14.7 Å². The third-order valence-electron chi connectivity index (χ3n) is 2.57. The summed E-state index contributed by atoms with van der Waals surface area (Å²) in [6, 6.07) is 0. The van der Waals surface area contributed by atoms with Crippen molar-refractivity contribution in [1.29, 1.82) is 0 Å². The number of nitrogens with zero attached hydrogens (tertiary/aromatic N) is 1. The lowest BCUT2D eigenvalue weighted by atomic mass is 9.97. The van der Waals surface area contributed by atoms with Gasteiger partial charge in [-0.25, -0.2) is 9.78 Å². The summed E-state index contributed by atoms with van der Waals surface area (Å²) in [5, 5.41) is 0. The first-order valence-corrected chi connectivity index (χ1v) is 4.92. The first-order chi connectivity index (χ1) is 7.22. The van der Waals surface area contributed by atoms with Crippen LogP contribution < -0.4 is 5.56 Å². The molecule has 0 radical (unpaired) electrons. The van der Waals surface area contributed by atoms with Crippen molar-refractivity contribution in [3.05, 3.63) is 27.4 Å². The molecule has 0 amide bonds. The Kier molecular flexibility index (Phi) is 2.53. The first-order valence-electron chi connectivity index (χ1n) is 4.92. The van der Waals surface area contributed by atoms with Crippen LogP contribution in [0.1, 0.15) is 34.7 Å². The number of carbonyl (C=O) groups excluding carboxylic acids is 1. The largest absolute Gasteiger partial charge is 0.463 e. The molecule has 0 aromatic carbocycles. The Balaban J connectivity index is 2.50. The zero-order valence-electron chi connectivity index (χ0n) is 8.50. The Morgan fingerprint density at radius 3 is 2.87 bits per heavy atom. The molecular formula is C10H12N2O3. The quantitative estimate of drug-likeness (QED) is 0.679. The topological polar surface area (TPSA) is 72.0 Å². The Morgan fingerprint density at radius 2 is 2.13 bits per heavy atom. The van der Waals surface area contributed by atoms with E-state index in [9.17, 15) is 9.59 Å². The number of esters is 1. The average Bonchev–Trinajstić information content (AvgIpc) is 2.28. The van der Waals surface area contributed by atoms with Gasteiger partial charge in [0.25, 0.3) is 5.56 Å². The number of aromatic nitrogens is 2. The molecule has 1 aliphatic rings. The van der Waals surface area contributed by atoms with Gasteiger partial charge in [0.15, 0.2) is 0 Å². The minimum Gasteiger partial charge on any atom is -0.463 e. The Labute approximate surface area is 86.5 Å². The molecule has 1 heterocycles. The van der Waals surface area contributed by atoms with E-state index >= 15 is 0 Å². The maximum atomic E-state index is 11.6. The van der Waals surface area contributed by atoms with Crippen LogP contribution in [-0.2, 0) is 17.6 Å². The second-order valence-corrected chi connectivity index (χ2v) is 3.54. The molecule has 1 aliphatic carbocycles. The van der Waals surface area contributed by atoms with Gasteiger partial charge < -0.3 is 9.72 Å². The molecule has 5 nitrogen and oxygen atoms in total. The van der Waals surface area contributed by atoms with Crippen molar-refractivity contribution in [2.75, 3.05) is 7.11 Å². The van der Waals surface area contributed by atoms with Crippen molar-refractivity contribution in [3.8, 4) is 0 Å². The average molecular weight is 208 g/mol. The highest BCUT2D eigenvalue weighted by Gasteiger charge is 2.18. The number of carbonyl (C=O) groups is 1. The molecule has 0 bridgehead atoms. The van der Waals surface area contributed by atoms with Crippen LogP contribution in [0.2, 0.25) is 0 Å². The molecule has 1 aromatic heterocycles. The molecule has 1 aromatic rings. The van der Waals surface area contributed by atoms with Gasteiger partial charge in [0, 0.05) is 5.56 Å². The predicted octanol–water partition coefficient (Wildman–Crippen LogP) is 0.435. The number of methoxy groups -OCH3 is 1. The summed E-state index contributed by atoms with van der Waals surface area (Å²) in [4.78, 5) is 29.4. The van der Waals surface area contributed by atoms with Gasteiger partial charge in [-0.05, 0) is 25.7 Å². The molecule has 5 heteroatoms. The highest BCUT2D eigenvalue weighted by Crippen LogP contribution is 2.15. The fraction of sp³-hybridized carbons (Fsp3) is 0.500. The molecule has 15 heavy (non-hydrogen) atoms. The lowest BCUT2D eigenvalue weighted by Crippen LogP contribution is -2.25. The SMILES string of the molecule is COC(=O)c1nc2c(c(=O)[nH]1)CCCC2. The summed E-state index contributed by atoms with van der Waals surface area (Å²) in [5.74, 6) is -0.594. The van der Waals surface area contributed by atoms with Crippen LogP contribution in [-0.4, -0.2) is 23.0 Å². The highest BCUT2D eigenvalue weighted by molar-refractivity contribution is 5.84. The summed E-state index contributed by atoms with van der Waals surface area (Å²) in [7, 11) is 1.27. The number of H-pyrrole nitrogens is 1. The number of fused-ring (bicyclic) bond motifs is 1. The van der Waals surface area contributed by atoms with Crippen molar-refractivity contribution in [2.24, 2.45) is 0 Å². The number of nitrogens with one attached hydrogen (secondary N) is 1. The minimum atomic E-state index is -0.597. The first kappa shape index (κ1) is 9.89. The maximum Gasteiger partial charge on any atom is 0.374 e. The molecule has 2 rings (SSSR count). The van der Waals surface area contributed by atoms with Crippen molar-refractivity contribution < 1.29 is 9.53 Å². The van der Waals surface area contributed by atoms with E-state index in [4.69, 9.17) is 0 Å². The lowest BCUT2D eigenvalue weighted by Gasteiger charge is -2.13. The van der Waals surface area contributed by atoms with Gasteiger partial charge in [0.1, 0.15) is 0 Å². The normalized spacial score (nSPS) is 14.5. The summed E-state index contributed by atoms with van der Waals surface area (Å²) in [6.45, 7) is 0. The second-order valence-electron chi connectivity index (χ2n) is 3.54. The van der Waals surface area contributed by atoms with E-state index in [0.717, 1.165) is 31.4 Å². The zero-order chi connectivity index (χ0) is 10.8. The molecule has 0 saturated heterocycles. The smallest absolute Gasteiger partial charge is 0.374 e. The Hall–Kier alpha value is -1.65. The summed E-state index contributed by atoms with van der Waals surface area (Å²) >= 11 is 0. The summed E-state index contributed by atoms with van der Waals surface area (Å²) in [5.41, 5.74) is 1.25. The van der Waals surface area contributed by atoms with Crippen LogP contribution >= 0.6 is 0 Å². The van der Waals surface area contributed by atoms with Crippen LogP contribution in [0.3, 0.4) is 0 Å². The van der Waals surface area contributed by atoms with Gasteiger partial charge >= 0.3 is 5.97 Å². The molecule has 1 N–H and O–H groups in total. The van der Waals surface area contributed by atoms with Crippen LogP contribution in [0.15, 0.2) is 4.79 Å². The van der Waals surface area contributed by atoms with Gasteiger partial charge in [-0.3, -0.25) is 4.79 Å². The minimum absolute atomic E-state index is 0.00292. The number of aryl methyl sites for hydroxylation is 1. The molecule has 0 atom stereocenters. The van der Waals surface area contributed by atoms with Gasteiger partial charge in [-0.15, -0.1) is 0 Å². The van der Waals surface area contributed by atoms with Gasteiger partial charge in [0.05, 0.1) is 12.8 Å². The van der Waals surface area contributed by atoms with Crippen molar-refractivity contribution in [3.63, 3.8) is 0 Å². The summed E-state index contributed by atoms with van der Waals surface area (Å²) in [6.07, 6.45) is 3.54. The van der Waals surface area contributed by atoms with Crippen molar-refractivity contribution in [1.82, 2.24) is 9.97 Å². The molecule has 0 aliphatic heterocycles.